The first-order valence-corrected chi connectivity index (χ1v) is 13.1. The van der Waals surface area contributed by atoms with Crippen LogP contribution in [0.15, 0.2) is 71.3 Å². The number of fused-ring (bicyclic) bond motifs is 1. The average Bonchev–Trinajstić information content (AvgIpc) is 3.58. The normalized spacial score (nSPS) is 14.9. The van der Waals surface area contributed by atoms with E-state index in [0.29, 0.717) is 18.7 Å². The number of amides is 2. The first-order valence-electron chi connectivity index (χ1n) is 13.1. The number of para-hydroxylation sites is 1. The molecule has 1 atom stereocenters. The fourth-order valence-electron chi connectivity index (χ4n) is 5.17. The maximum Gasteiger partial charge on any atom is 0.250 e. The van der Waals surface area contributed by atoms with Gasteiger partial charge in [-0.05, 0) is 56.0 Å². The molecule has 37 heavy (non-hydrogen) atoms. The number of nitrogens with zero attached hydrogens (tertiary/aromatic N) is 4. The van der Waals surface area contributed by atoms with Crippen LogP contribution in [0.3, 0.4) is 0 Å². The molecule has 1 aliphatic rings. The average molecular weight is 500 g/mol. The Labute approximate surface area is 216 Å². The highest BCUT2D eigenvalue weighted by atomic mass is 16.3. The largest absolute Gasteiger partial charge is 0.467 e. The molecule has 8 nitrogen and oxygen atoms in total. The lowest BCUT2D eigenvalue weighted by Crippen LogP contribution is -2.48. The van der Waals surface area contributed by atoms with Crippen molar-refractivity contribution in [2.75, 3.05) is 6.54 Å². The van der Waals surface area contributed by atoms with Gasteiger partial charge in [0.2, 0.25) is 5.91 Å². The molecule has 0 bridgehead atoms. The lowest BCUT2D eigenvalue weighted by Gasteiger charge is -2.32. The van der Waals surface area contributed by atoms with Crippen molar-refractivity contribution < 1.29 is 14.0 Å². The Kier molecular flexibility index (Phi) is 7.63. The van der Waals surface area contributed by atoms with Gasteiger partial charge in [-0.25, -0.2) is 4.68 Å². The standard InChI is InChI=1S/C29H33N5O3/c1-21-9-7-10-22(19-21)16-17-33(27(35)20-34-25-14-6-5-13-24(25)31-32-34)28(26-15-8-18-37-26)29(36)30-23-11-3-2-4-12-23/h5-10,13-15,18-19,23,28H,2-4,11-12,16-17,20H2,1H3,(H,30,36)/t28-/m0/s1. The van der Waals surface area contributed by atoms with Crippen LogP contribution in [0.5, 0.6) is 0 Å². The number of furan rings is 1. The number of hydrogen-bond donors (Lipinski definition) is 1. The molecule has 4 aromatic rings. The number of nitrogens with one attached hydrogen (secondary N) is 1. The smallest absolute Gasteiger partial charge is 0.250 e. The molecule has 2 amide bonds. The second kappa shape index (κ2) is 11.4. The Morgan fingerprint density at radius 3 is 2.70 bits per heavy atom. The number of rotatable bonds is 9. The van der Waals surface area contributed by atoms with Gasteiger partial charge in [0.15, 0.2) is 6.04 Å². The SMILES string of the molecule is Cc1cccc(CCN(C(=O)Cn2nnc3ccccc32)[C@H](C(=O)NC2CCCCC2)c2ccco2)c1. The van der Waals surface area contributed by atoms with Gasteiger partial charge in [0.05, 0.1) is 11.8 Å². The zero-order chi connectivity index (χ0) is 25.6. The molecule has 0 spiro atoms. The minimum atomic E-state index is -0.871. The summed E-state index contributed by atoms with van der Waals surface area (Å²) in [5.41, 5.74) is 3.76. The monoisotopic (exact) mass is 499 g/mol. The van der Waals surface area contributed by atoms with Gasteiger partial charge in [-0.3, -0.25) is 9.59 Å². The first-order chi connectivity index (χ1) is 18.1. The van der Waals surface area contributed by atoms with Gasteiger partial charge < -0.3 is 14.6 Å². The molecular formula is C29H33N5O3. The Morgan fingerprint density at radius 2 is 1.92 bits per heavy atom. The quantitative estimate of drug-likeness (QED) is 0.363. The molecule has 2 aromatic carbocycles. The fourth-order valence-corrected chi connectivity index (χ4v) is 5.17. The molecule has 2 aromatic heterocycles. The van der Waals surface area contributed by atoms with Crippen molar-refractivity contribution in [2.24, 2.45) is 0 Å². The Bertz CT molecular complexity index is 1340. The molecule has 0 unspecified atom stereocenters. The Morgan fingerprint density at radius 1 is 1.08 bits per heavy atom. The Hall–Kier alpha value is -3.94. The number of hydrogen-bond acceptors (Lipinski definition) is 5. The number of aromatic nitrogens is 3. The molecule has 1 N–H and O–H groups in total. The van der Waals surface area contributed by atoms with Gasteiger partial charge in [-0.1, -0.05) is 66.4 Å². The highest BCUT2D eigenvalue weighted by Gasteiger charge is 2.35. The second-order valence-electron chi connectivity index (χ2n) is 9.82. The van der Waals surface area contributed by atoms with Crippen LogP contribution in [0.1, 0.15) is 55.0 Å². The van der Waals surface area contributed by atoms with Crippen LogP contribution in [0.4, 0.5) is 0 Å². The highest BCUT2D eigenvalue weighted by molar-refractivity contribution is 5.89. The van der Waals surface area contributed by atoms with E-state index in [2.05, 4.69) is 21.7 Å². The molecule has 1 fully saturated rings. The van der Waals surface area contributed by atoms with Gasteiger partial charge in [0, 0.05) is 12.6 Å². The summed E-state index contributed by atoms with van der Waals surface area (Å²) in [5.74, 6) is 0.0285. The summed E-state index contributed by atoms with van der Waals surface area (Å²) < 4.78 is 7.32. The third-order valence-corrected chi connectivity index (χ3v) is 7.07. The van der Waals surface area contributed by atoms with Crippen LogP contribution in [0.2, 0.25) is 0 Å². The molecule has 1 aliphatic carbocycles. The van der Waals surface area contributed by atoms with E-state index in [1.54, 1.807) is 28.0 Å². The summed E-state index contributed by atoms with van der Waals surface area (Å²) in [5, 5.41) is 11.6. The van der Waals surface area contributed by atoms with Crippen LogP contribution in [0.25, 0.3) is 11.0 Å². The lowest BCUT2D eigenvalue weighted by atomic mass is 9.95. The van der Waals surface area contributed by atoms with E-state index in [1.165, 1.54) is 6.42 Å². The number of carbonyl (C=O) groups excluding carboxylic acids is 2. The molecule has 8 heteroatoms. The zero-order valence-electron chi connectivity index (χ0n) is 21.2. The predicted molar refractivity (Wildman–Crippen MR) is 141 cm³/mol. The van der Waals surface area contributed by atoms with Gasteiger partial charge >= 0.3 is 0 Å². The molecule has 1 saturated carbocycles. The first kappa shape index (κ1) is 24.7. The van der Waals surface area contributed by atoms with Crippen molar-refractivity contribution >= 4 is 22.8 Å². The molecule has 0 radical (unpaired) electrons. The third-order valence-electron chi connectivity index (χ3n) is 7.07. The summed E-state index contributed by atoms with van der Waals surface area (Å²) >= 11 is 0. The molecule has 2 heterocycles. The van der Waals surface area contributed by atoms with Gasteiger partial charge in [-0.15, -0.1) is 5.10 Å². The number of benzene rings is 2. The van der Waals surface area contributed by atoms with Crippen LogP contribution in [-0.2, 0) is 22.6 Å². The van der Waals surface area contributed by atoms with Crippen LogP contribution >= 0.6 is 0 Å². The number of carbonyl (C=O) groups is 2. The topological polar surface area (TPSA) is 93.3 Å². The summed E-state index contributed by atoms with van der Waals surface area (Å²) in [6.45, 7) is 2.38. The van der Waals surface area contributed by atoms with Crippen molar-refractivity contribution in [3.05, 3.63) is 83.8 Å². The van der Waals surface area contributed by atoms with E-state index in [9.17, 15) is 9.59 Å². The minimum Gasteiger partial charge on any atom is -0.467 e. The van der Waals surface area contributed by atoms with Gasteiger partial charge in [-0.2, -0.15) is 0 Å². The van der Waals surface area contributed by atoms with Crippen LogP contribution < -0.4 is 5.32 Å². The van der Waals surface area contributed by atoms with Crippen molar-refractivity contribution in [1.82, 2.24) is 25.2 Å². The molecule has 0 saturated heterocycles. The molecular weight excluding hydrogens is 466 g/mol. The number of aryl methyl sites for hydroxylation is 1. The predicted octanol–water partition coefficient (Wildman–Crippen LogP) is 4.59. The van der Waals surface area contributed by atoms with Crippen molar-refractivity contribution in [1.29, 1.82) is 0 Å². The van der Waals surface area contributed by atoms with E-state index in [-0.39, 0.29) is 24.4 Å². The van der Waals surface area contributed by atoms with E-state index in [0.717, 1.165) is 47.8 Å². The minimum absolute atomic E-state index is 0.0255. The summed E-state index contributed by atoms with van der Waals surface area (Å²) in [6, 6.07) is 18.5. The summed E-state index contributed by atoms with van der Waals surface area (Å²) in [4.78, 5) is 29.3. The summed E-state index contributed by atoms with van der Waals surface area (Å²) in [6.07, 6.45) is 7.47. The van der Waals surface area contributed by atoms with Crippen molar-refractivity contribution in [2.45, 2.75) is 64.1 Å². The van der Waals surface area contributed by atoms with Crippen LogP contribution in [-0.4, -0.2) is 44.3 Å². The van der Waals surface area contributed by atoms with Crippen molar-refractivity contribution in [3.8, 4) is 0 Å². The molecule has 192 valence electrons. The maximum absolute atomic E-state index is 13.9. The van der Waals surface area contributed by atoms with Gasteiger partial charge in [0.1, 0.15) is 17.8 Å². The Balaban J connectivity index is 1.44. The van der Waals surface area contributed by atoms with E-state index in [1.807, 2.05) is 49.4 Å². The third kappa shape index (κ3) is 5.90. The molecule has 0 aliphatic heterocycles. The van der Waals surface area contributed by atoms with E-state index < -0.39 is 6.04 Å². The highest BCUT2D eigenvalue weighted by Crippen LogP contribution is 2.26. The van der Waals surface area contributed by atoms with Crippen molar-refractivity contribution in [3.63, 3.8) is 0 Å². The summed E-state index contributed by atoms with van der Waals surface area (Å²) in [7, 11) is 0. The van der Waals surface area contributed by atoms with E-state index in [4.69, 9.17) is 4.42 Å². The second-order valence-corrected chi connectivity index (χ2v) is 9.82. The van der Waals surface area contributed by atoms with E-state index >= 15 is 0 Å². The fraction of sp³-hybridized carbons (Fsp3) is 0.379. The lowest BCUT2D eigenvalue weighted by molar-refractivity contribution is -0.142. The molecule has 5 rings (SSSR count). The van der Waals surface area contributed by atoms with Gasteiger partial charge in [0.25, 0.3) is 5.91 Å². The zero-order valence-corrected chi connectivity index (χ0v) is 21.2. The van der Waals surface area contributed by atoms with Crippen LogP contribution in [0, 0.1) is 6.92 Å². The maximum atomic E-state index is 13.9.